The summed E-state index contributed by atoms with van der Waals surface area (Å²) in [5.41, 5.74) is 0.385. The van der Waals surface area contributed by atoms with Gasteiger partial charge in [0.1, 0.15) is 18.5 Å². The number of rotatable bonds is 5. The molecule has 0 N–H and O–H groups in total. The third-order valence-electron chi connectivity index (χ3n) is 5.77. The molecule has 2 aliphatic rings. The van der Waals surface area contributed by atoms with Gasteiger partial charge in [0.05, 0.1) is 11.2 Å². The first-order valence-corrected chi connectivity index (χ1v) is 10.9. The van der Waals surface area contributed by atoms with E-state index in [2.05, 4.69) is 16.0 Å². The Morgan fingerprint density at radius 1 is 1.22 bits per heavy atom. The predicted molar refractivity (Wildman–Crippen MR) is 117 cm³/mol. The molecule has 2 aromatic rings. The molecule has 1 amide bonds. The van der Waals surface area contributed by atoms with Crippen molar-refractivity contribution in [3.8, 4) is 6.07 Å². The van der Waals surface area contributed by atoms with Gasteiger partial charge in [-0.1, -0.05) is 19.9 Å². The van der Waals surface area contributed by atoms with Crippen LogP contribution in [0.5, 0.6) is 0 Å². The highest BCUT2D eigenvalue weighted by atomic mass is 19.2. The molecule has 0 spiro atoms. The number of nitrogens with zero attached hydrogens (tertiary/aromatic N) is 4. The van der Waals surface area contributed by atoms with Gasteiger partial charge in [0.25, 0.3) is 0 Å². The molecule has 1 saturated heterocycles. The van der Waals surface area contributed by atoms with Gasteiger partial charge in [-0.3, -0.25) is 4.79 Å². The van der Waals surface area contributed by atoms with Crippen molar-refractivity contribution in [3.05, 3.63) is 59.3 Å². The zero-order valence-corrected chi connectivity index (χ0v) is 18.6. The summed E-state index contributed by atoms with van der Waals surface area (Å²) in [6.45, 7) is 7.61. The van der Waals surface area contributed by atoms with E-state index in [-0.39, 0.29) is 18.6 Å². The normalized spacial score (nSPS) is 18.9. The van der Waals surface area contributed by atoms with E-state index < -0.39 is 17.2 Å². The number of carbonyl (C=O) groups excluding carboxylic acids is 1. The summed E-state index contributed by atoms with van der Waals surface area (Å²) in [7, 11) is 0. The van der Waals surface area contributed by atoms with E-state index in [1.807, 2.05) is 26.8 Å². The number of hydrogen-bond donors (Lipinski definition) is 0. The minimum atomic E-state index is -0.907. The summed E-state index contributed by atoms with van der Waals surface area (Å²) in [6.07, 6.45) is 2.90. The Morgan fingerprint density at radius 2 is 1.97 bits per heavy atom. The predicted octanol–water partition coefficient (Wildman–Crippen LogP) is 4.00. The Bertz CT molecular complexity index is 986. The second kappa shape index (κ2) is 10.0. The lowest BCUT2D eigenvalue weighted by Gasteiger charge is -2.40. The van der Waals surface area contributed by atoms with Gasteiger partial charge in [-0.25, -0.2) is 13.8 Å². The number of nitriles is 1. The number of hydrogen-bond acceptors (Lipinski definition) is 5. The first-order chi connectivity index (χ1) is 15.4. The number of piperazine rings is 1. The summed E-state index contributed by atoms with van der Waals surface area (Å²) in [6, 6.07) is 9.41. The molecule has 1 saturated carbocycles. The molecule has 1 aliphatic heterocycles. The molecule has 1 unspecified atom stereocenters. The Balaban J connectivity index is 0.00000141. The zero-order chi connectivity index (χ0) is 23.3. The Hall–Kier alpha value is -3.05. The number of ether oxygens (including phenoxy) is 1. The van der Waals surface area contributed by atoms with Gasteiger partial charge in [0.2, 0.25) is 5.91 Å². The summed E-state index contributed by atoms with van der Waals surface area (Å²) >= 11 is 0. The molecule has 0 radical (unpaired) electrons. The van der Waals surface area contributed by atoms with Crippen molar-refractivity contribution in [3.63, 3.8) is 0 Å². The van der Waals surface area contributed by atoms with Crippen LogP contribution >= 0.6 is 0 Å². The first kappa shape index (κ1) is 23.6. The first-order valence-electron chi connectivity index (χ1n) is 10.9. The van der Waals surface area contributed by atoms with E-state index >= 15 is 0 Å². The van der Waals surface area contributed by atoms with Gasteiger partial charge in [0, 0.05) is 31.9 Å². The third-order valence-corrected chi connectivity index (χ3v) is 5.77. The second-order valence-corrected chi connectivity index (χ2v) is 7.81. The van der Waals surface area contributed by atoms with Gasteiger partial charge < -0.3 is 14.5 Å². The fraction of sp³-hybridized carbons (Fsp3) is 0.458. The molecular formula is C24H28F2N4O2. The summed E-state index contributed by atoms with van der Waals surface area (Å²) in [5.74, 6) is -1.15. The average Bonchev–Trinajstić information content (AvgIpc) is 3.62. The number of aromatic nitrogens is 1. The molecule has 2 heterocycles. The third kappa shape index (κ3) is 5.05. The van der Waals surface area contributed by atoms with Gasteiger partial charge in [-0.2, -0.15) is 5.26 Å². The SMILES string of the molecule is CC.CC1CN(C(=O)COC2(c3ccc(F)c(F)c3)CC2)CCN1c1ccc(C#N)cn1. The monoisotopic (exact) mass is 442 g/mol. The molecular weight excluding hydrogens is 414 g/mol. The molecule has 2 fully saturated rings. The van der Waals surface area contributed by atoms with Crippen molar-refractivity contribution >= 4 is 11.7 Å². The molecule has 1 aromatic heterocycles. The fourth-order valence-electron chi connectivity index (χ4n) is 3.85. The number of anilines is 1. The van der Waals surface area contributed by atoms with Crippen LogP contribution in [-0.4, -0.2) is 48.1 Å². The van der Waals surface area contributed by atoms with E-state index in [1.165, 1.54) is 6.07 Å². The molecule has 1 aliphatic carbocycles. The standard InChI is InChI=1S/C22H22F2N4O2.C2H6/c1-15-13-27(8-9-28(15)20-5-2-16(11-25)12-26-20)21(29)14-30-22(6-7-22)17-3-4-18(23)19(24)10-17;1-2/h2-5,10,12,15H,6-9,13-14H2,1H3;1-2H3. The fourth-order valence-corrected chi connectivity index (χ4v) is 3.85. The molecule has 32 heavy (non-hydrogen) atoms. The zero-order valence-electron chi connectivity index (χ0n) is 18.6. The lowest BCUT2D eigenvalue weighted by Crippen LogP contribution is -2.54. The molecule has 1 atom stereocenters. The Morgan fingerprint density at radius 3 is 2.53 bits per heavy atom. The van der Waals surface area contributed by atoms with Crippen molar-refractivity contribution in [2.45, 2.75) is 45.3 Å². The van der Waals surface area contributed by atoms with Gasteiger partial charge >= 0.3 is 0 Å². The van der Waals surface area contributed by atoms with Crippen LogP contribution in [0.4, 0.5) is 14.6 Å². The molecule has 0 bridgehead atoms. The lowest BCUT2D eigenvalue weighted by molar-refractivity contribution is -0.140. The minimum absolute atomic E-state index is 0.0595. The molecule has 6 nitrogen and oxygen atoms in total. The molecule has 4 rings (SSSR count). The number of halogens is 2. The van der Waals surface area contributed by atoms with Crippen LogP contribution in [0.15, 0.2) is 36.5 Å². The highest BCUT2D eigenvalue weighted by molar-refractivity contribution is 5.78. The van der Waals surface area contributed by atoms with Gasteiger partial charge in [0.15, 0.2) is 11.6 Å². The second-order valence-electron chi connectivity index (χ2n) is 7.81. The number of carbonyl (C=O) groups is 1. The van der Waals surface area contributed by atoms with Crippen molar-refractivity contribution in [1.82, 2.24) is 9.88 Å². The van der Waals surface area contributed by atoms with Gasteiger partial charge in [-0.05, 0) is 49.6 Å². The Labute approximate surface area is 187 Å². The van der Waals surface area contributed by atoms with Crippen molar-refractivity contribution in [2.75, 3.05) is 31.1 Å². The van der Waals surface area contributed by atoms with Crippen molar-refractivity contribution in [2.24, 2.45) is 0 Å². The van der Waals surface area contributed by atoms with Crippen LogP contribution in [0.1, 0.15) is 44.7 Å². The maximum atomic E-state index is 13.6. The minimum Gasteiger partial charge on any atom is -0.360 e. The van der Waals surface area contributed by atoms with Crippen LogP contribution in [0.3, 0.4) is 0 Å². The van der Waals surface area contributed by atoms with E-state index in [4.69, 9.17) is 10.00 Å². The number of amides is 1. The average molecular weight is 443 g/mol. The molecule has 170 valence electrons. The van der Waals surface area contributed by atoms with Crippen molar-refractivity contribution in [1.29, 1.82) is 5.26 Å². The van der Waals surface area contributed by atoms with Crippen LogP contribution in [0.2, 0.25) is 0 Å². The van der Waals surface area contributed by atoms with Crippen LogP contribution in [0.25, 0.3) is 0 Å². The lowest BCUT2D eigenvalue weighted by atomic mass is 10.1. The van der Waals surface area contributed by atoms with Gasteiger partial charge in [-0.15, -0.1) is 0 Å². The maximum absolute atomic E-state index is 13.6. The number of pyridine rings is 1. The highest BCUT2D eigenvalue weighted by Crippen LogP contribution is 2.49. The van der Waals surface area contributed by atoms with Crippen LogP contribution in [-0.2, 0) is 15.1 Å². The topological polar surface area (TPSA) is 69.5 Å². The van der Waals surface area contributed by atoms with E-state index in [1.54, 1.807) is 17.2 Å². The summed E-state index contributed by atoms with van der Waals surface area (Å²) in [4.78, 5) is 20.9. The smallest absolute Gasteiger partial charge is 0.248 e. The molecule has 1 aromatic carbocycles. The van der Waals surface area contributed by atoms with E-state index in [0.29, 0.717) is 43.6 Å². The van der Waals surface area contributed by atoms with E-state index in [0.717, 1.165) is 18.0 Å². The Kier molecular flexibility index (Phi) is 7.41. The largest absolute Gasteiger partial charge is 0.360 e. The van der Waals surface area contributed by atoms with E-state index in [9.17, 15) is 13.6 Å². The van der Waals surface area contributed by atoms with Crippen LogP contribution in [0, 0.1) is 23.0 Å². The highest BCUT2D eigenvalue weighted by Gasteiger charge is 2.46. The quantitative estimate of drug-likeness (QED) is 0.700. The van der Waals surface area contributed by atoms with Crippen LogP contribution < -0.4 is 4.90 Å². The number of benzene rings is 1. The maximum Gasteiger partial charge on any atom is 0.248 e. The van der Waals surface area contributed by atoms with Crippen molar-refractivity contribution < 1.29 is 18.3 Å². The molecule has 8 heteroatoms. The summed E-state index contributed by atoms with van der Waals surface area (Å²) in [5, 5.41) is 8.90. The summed E-state index contributed by atoms with van der Waals surface area (Å²) < 4.78 is 32.6.